The molecule has 16 heavy (non-hydrogen) atoms. The maximum Gasteiger partial charge on any atom is 0.125 e. The largest absolute Gasteiger partial charge is 0.467 e. The monoisotopic (exact) mass is 219 g/mol. The van der Waals surface area contributed by atoms with Crippen LogP contribution >= 0.6 is 0 Å². The zero-order valence-electron chi connectivity index (χ0n) is 9.33. The predicted molar refractivity (Wildman–Crippen MR) is 60.7 cm³/mol. The van der Waals surface area contributed by atoms with Gasteiger partial charge >= 0.3 is 0 Å². The van der Waals surface area contributed by atoms with Crippen LogP contribution in [0.15, 0.2) is 41.0 Å². The van der Waals surface area contributed by atoms with Gasteiger partial charge in [-0.25, -0.2) is 4.39 Å². The summed E-state index contributed by atoms with van der Waals surface area (Å²) in [6.07, 6.45) is 1.62. The van der Waals surface area contributed by atoms with Gasteiger partial charge in [-0.3, -0.25) is 0 Å². The smallest absolute Gasteiger partial charge is 0.125 e. The molecule has 0 aliphatic carbocycles. The van der Waals surface area contributed by atoms with Gasteiger partial charge in [0.15, 0.2) is 0 Å². The fraction of sp³-hybridized carbons (Fsp3) is 0.231. The third kappa shape index (κ3) is 2.14. The van der Waals surface area contributed by atoms with Crippen molar-refractivity contribution >= 4 is 0 Å². The van der Waals surface area contributed by atoms with E-state index in [4.69, 9.17) is 4.42 Å². The zero-order chi connectivity index (χ0) is 11.5. The van der Waals surface area contributed by atoms with Crippen molar-refractivity contribution in [3.05, 3.63) is 59.3 Å². The van der Waals surface area contributed by atoms with Crippen molar-refractivity contribution in [3.63, 3.8) is 0 Å². The molecule has 2 rings (SSSR count). The number of hydrogen-bond donors (Lipinski definition) is 1. The molecule has 84 valence electrons. The lowest BCUT2D eigenvalue weighted by Crippen LogP contribution is -2.17. The fourth-order valence-electron chi connectivity index (χ4n) is 1.86. The summed E-state index contributed by atoms with van der Waals surface area (Å²) in [6.45, 7) is 1.88. The molecule has 1 unspecified atom stereocenters. The van der Waals surface area contributed by atoms with Crippen molar-refractivity contribution in [2.24, 2.45) is 0 Å². The molecule has 2 nitrogen and oxygen atoms in total. The molecule has 0 aliphatic rings. The van der Waals surface area contributed by atoms with Crippen LogP contribution < -0.4 is 5.32 Å². The number of furan rings is 1. The zero-order valence-corrected chi connectivity index (χ0v) is 9.33. The highest BCUT2D eigenvalue weighted by atomic mass is 19.1. The van der Waals surface area contributed by atoms with Gasteiger partial charge in [0.1, 0.15) is 11.6 Å². The molecule has 0 saturated carbocycles. The molecular weight excluding hydrogens is 205 g/mol. The van der Waals surface area contributed by atoms with Crippen LogP contribution in [0.25, 0.3) is 0 Å². The van der Waals surface area contributed by atoms with Gasteiger partial charge in [-0.15, -0.1) is 0 Å². The minimum atomic E-state index is -0.221. The van der Waals surface area contributed by atoms with Crippen LogP contribution in [0.1, 0.15) is 22.9 Å². The van der Waals surface area contributed by atoms with E-state index >= 15 is 0 Å². The quantitative estimate of drug-likeness (QED) is 0.858. The highest BCUT2D eigenvalue weighted by molar-refractivity contribution is 5.30. The highest BCUT2D eigenvalue weighted by Gasteiger charge is 2.15. The third-order valence-corrected chi connectivity index (χ3v) is 2.51. The minimum absolute atomic E-state index is 0.107. The Morgan fingerprint density at radius 3 is 2.69 bits per heavy atom. The van der Waals surface area contributed by atoms with Gasteiger partial charge in [0.2, 0.25) is 0 Å². The standard InChI is InChI=1S/C13H14FNO/c1-9-6-10(8-11(14)7-9)13(15-2)12-4-3-5-16-12/h3-8,13,15H,1-2H3. The summed E-state index contributed by atoms with van der Waals surface area (Å²) in [7, 11) is 1.83. The maximum absolute atomic E-state index is 13.3. The van der Waals surface area contributed by atoms with Gasteiger partial charge in [0.05, 0.1) is 12.3 Å². The Morgan fingerprint density at radius 1 is 1.31 bits per heavy atom. The first-order valence-corrected chi connectivity index (χ1v) is 5.18. The molecule has 2 aromatic rings. The van der Waals surface area contributed by atoms with E-state index in [1.165, 1.54) is 12.1 Å². The van der Waals surface area contributed by atoms with Gasteiger partial charge in [-0.05, 0) is 49.4 Å². The molecule has 1 heterocycles. The minimum Gasteiger partial charge on any atom is -0.467 e. The first-order chi connectivity index (χ1) is 7.70. The Bertz CT molecular complexity index is 445. The van der Waals surface area contributed by atoms with Crippen molar-refractivity contribution in [1.82, 2.24) is 5.32 Å². The number of hydrogen-bond acceptors (Lipinski definition) is 2. The summed E-state index contributed by atoms with van der Waals surface area (Å²) in [6, 6.07) is 8.58. The SMILES string of the molecule is CNC(c1cc(C)cc(F)c1)c1ccco1. The second-order valence-corrected chi connectivity index (χ2v) is 3.80. The molecule has 3 heteroatoms. The normalized spacial score (nSPS) is 12.7. The molecule has 1 N–H and O–H groups in total. The summed E-state index contributed by atoms with van der Waals surface area (Å²) in [5, 5.41) is 3.11. The molecule has 0 bridgehead atoms. The summed E-state index contributed by atoms with van der Waals surface area (Å²) in [4.78, 5) is 0. The Kier molecular flexibility index (Phi) is 3.06. The van der Waals surface area contributed by atoms with E-state index < -0.39 is 0 Å². The molecule has 0 aliphatic heterocycles. The van der Waals surface area contributed by atoms with E-state index in [-0.39, 0.29) is 11.9 Å². The first-order valence-electron chi connectivity index (χ1n) is 5.18. The lowest BCUT2D eigenvalue weighted by Gasteiger charge is -2.14. The predicted octanol–water partition coefficient (Wildman–Crippen LogP) is 3.04. The lowest BCUT2D eigenvalue weighted by atomic mass is 10.0. The van der Waals surface area contributed by atoms with E-state index in [1.807, 2.05) is 32.2 Å². The summed E-state index contributed by atoms with van der Waals surface area (Å²) in [5.41, 5.74) is 1.77. The number of benzene rings is 1. The third-order valence-electron chi connectivity index (χ3n) is 2.51. The Labute approximate surface area is 94.1 Å². The number of rotatable bonds is 3. The summed E-state index contributed by atoms with van der Waals surface area (Å²) >= 11 is 0. The molecular formula is C13H14FNO. The van der Waals surface area contributed by atoms with E-state index in [1.54, 1.807) is 6.26 Å². The number of aryl methyl sites for hydroxylation is 1. The van der Waals surface area contributed by atoms with Gasteiger partial charge in [0, 0.05) is 0 Å². The molecule has 1 aromatic carbocycles. The van der Waals surface area contributed by atoms with Gasteiger partial charge < -0.3 is 9.73 Å². The topological polar surface area (TPSA) is 25.2 Å². The molecule has 1 aromatic heterocycles. The summed E-state index contributed by atoms with van der Waals surface area (Å²) < 4.78 is 18.6. The van der Waals surface area contributed by atoms with E-state index in [0.29, 0.717) is 0 Å². The molecule has 0 amide bonds. The lowest BCUT2D eigenvalue weighted by molar-refractivity contribution is 0.462. The fourth-order valence-corrected chi connectivity index (χ4v) is 1.86. The Hall–Kier alpha value is -1.61. The maximum atomic E-state index is 13.3. The molecule has 0 radical (unpaired) electrons. The Morgan fingerprint density at radius 2 is 2.12 bits per heavy atom. The van der Waals surface area contributed by atoms with Crippen LogP contribution in [0.2, 0.25) is 0 Å². The Balaban J connectivity index is 2.41. The van der Waals surface area contributed by atoms with Crippen LogP contribution in [0.4, 0.5) is 4.39 Å². The summed E-state index contributed by atoms with van der Waals surface area (Å²) in [5.74, 6) is 0.564. The van der Waals surface area contributed by atoms with E-state index in [0.717, 1.165) is 16.9 Å². The number of halogens is 1. The van der Waals surface area contributed by atoms with Crippen molar-refractivity contribution in [3.8, 4) is 0 Å². The molecule has 0 spiro atoms. The van der Waals surface area contributed by atoms with E-state index in [9.17, 15) is 4.39 Å². The van der Waals surface area contributed by atoms with Crippen LogP contribution in [-0.2, 0) is 0 Å². The van der Waals surface area contributed by atoms with Gasteiger partial charge in [-0.2, -0.15) is 0 Å². The van der Waals surface area contributed by atoms with E-state index in [2.05, 4.69) is 5.32 Å². The van der Waals surface area contributed by atoms with Crippen LogP contribution in [-0.4, -0.2) is 7.05 Å². The van der Waals surface area contributed by atoms with Gasteiger partial charge in [0.25, 0.3) is 0 Å². The van der Waals surface area contributed by atoms with Crippen molar-refractivity contribution in [2.45, 2.75) is 13.0 Å². The van der Waals surface area contributed by atoms with Crippen LogP contribution in [0.5, 0.6) is 0 Å². The average Bonchev–Trinajstić information content (AvgIpc) is 2.70. The molecule has 0 fully saturated rings. The van der Waals surface area contributed by atoms with Crippen molar-refractivity contribution in [1.29, 1.82) is 0 Å². The number of nitrogens with one attached hydrogen (secondary N) is 1. The molecule has 1 atom stereocenters. The van der Waals surface area contributed by atoms with Crippen LogP contribution in [0.3, 0.4) is 0 Å². The first kappa shape index (κ1) is 10.9. The second kappa shape index (κ2) is 4.49. The average molecular weight is 219 g/mol. The van der Waals surface area contributed by atoms with Crippen molar-refractivity contribution < 1.29 is 8.81 Å². The van der Waals surface area contributed by atoms with Gasteiger partial charge in [-0.1, -0.05) is 6.07 Å². The molecule has 0 saturated heterocycles. The highest BCUT2D eigenvalue weighted by Crippen LogP contribution is 2.23. The van der Waals surface area contributed by atoms with Crippen molar-refractivity contribution in [2.75, 3.05) is 7.05 Å². The second-order valence-electron chi connectivity index (χ2n) is 3.80. The van der Waals surface area contributed by atoms with Crippen LogP contribution in [0, 0.1) is 12.7 Å².